The molecule has 0 radical (unpaired) electrons. The van der Waals surface area contributed by atoms with E-state index in [1.54, 1.807) is 0 Å². The fourth-order valence-electron chi connectivity index (χ4n) is 5.02. The Balaban J connectivity index is 0.00000324. The van der Waals surface area contributed by atoms with Crippen LogP contribution in [0, 0.1) is 5.92 Å². The van der Waals surface area contributed by atoms with E-state index in [0.717, 1.165) is 63.1 Å². The van der Waals surface area contributed by atoms with Crippen molar-refractivity contribution in [2.45, 2.75) is 57.5 Å². The van der Waals surface area contributed by atoms with Crippen LogP contribution in [0.4, 0.5) is 5.69 Å². The fraction of sp³-hybridized carbons (Fsp3) is 0.519. The van der Waals surface area contributed by atoms with Crippen LogP contribution in [0.5, 0.6) is 11.5 Å². The van der Waals surface area contributed by atoms with Gasteiger partial charge in [-0.05, 0) is 86.6 Å². The lowest BCUT2D eigenvalue weighted by molar-refractivity contribution is -0.134. The molecule has 0 bridgehead atoms. The predicted molar refractivity (Wildman–Crippen MR) is 137 cm³/mol. The van der Waals surface area contributed by atoms with Crippen molar-refractivity contribution < 1.29 is 19.4 Å². The Hall–Kier alpha value is -2.44. The number of anilines is 1. The van der Waals surface area contributed by atoms with E-state index in [1.165, 1.54) is 17.5 Å². The summed E-state index contributed by atoms with van der Waals surface area (Å²) >= 11 is 0. The summed E-state index contributed by atoms with van der Waals surface area (Å²) in [5.41, 5.74) is 9.47. The molecular formula is C27H37ClN2O4. The first-order chi connectivity index (χ1) is 16.1. The molecule has 1 unspecified atom stereocenters. The summed E-state index contributed by atoms with van der Waals surface area (Å²) in [5, 5.41) is 10.6. The monoisotopic (exact) mass is 488 g/mol. The van der Waals surface area contributed by atoms with E-state index >= 15 is 0 Å². The Kier molecular flexibility index (Phi) is 9.90. The minimum Gasteiger partial charge on any atom is -0.491 e. The van der Waals surface area contributed by atoms with Crippen LogP contribution in [0.1, 0.15) is 49.7 Å². The number of ether oxygens (including phenoxy) is 2. The number of aliphatic hydroxyl groups is 1. The van der Waals surface area contributed by atoms with Crippen LogP contribution in [0.3, 0.4) is 0 Å². The Morgan fingerprint density at radius 3 is 2.59 bits per heavy atom. The number of hydrogen-bond acceptors (Lipinski definition) is 5. The standard InChI is InChI=1S/C27H36N2O4.ClH/c28-26-17-24(33-19-27(31)29-12-5-2-6-13-29)16-21-14-20(8-7-11-25(21)26)15-22(30)18-32-23-9-3-1-4-10-23;/h1,3-4,9-10,16-17,20,22,30H,2,5-8,11-15,18-19,28H2;1H/t20?,22-;/m0./s1. The van der Waals surface area contributed by atoms with Crippen LogP contribution in [0.15, 0.2) is 42.5 Å². The molecule has 0 spiro atoms. The zero-order chi connectivity index (χ0) is 23.0. The number of rotatable bonds is 8. The number of nitrogens with zero attached hydrogens (tertiary/aromatic N) is 1. The van der Waals surface area contributed by atoms with E-state index in [9.17, 15) is 9.90 Å². The van der Waals surface area contributed by atoms with Gasteiger partial charge >= 0.3 is 0 Å². The molecule has 1 saturated heterocycles. The van der Waals surface area contributed by atoms with Gasteiger partial charge in [0.25, 0.3) is 5.91 Å². The molecule has 2 aromatic carbocycles. The van der Waals surface area contributed by atoms with Crippen LogP contribution < -0.4 is 15.2 Å². The van der Waals surface area contributed by atoms with Crippen LogP contribution in [0.25, 0.3) is 0 Å². The first-order valence-corrected chi connectivity index (χ1v) is 12.3. The molecule has 7 heteroatoms. The van der Waals surface area contributed by atoms with Gasteiger partial charge in [0.15, 0.2) is 6.61 Å². The van der Waals surface area contributed by atoms with Gasteiger partial charge in [0.1, 0.15) is 18.1 Å². The average Bonchev–Trinajstić information content (AvgIpc) is 3.04. The second-order valence-electron chi connectivity index (χ2n) is 9.36. The molecule has 186 valence electrons. The second-order valence-corrected chi connectivity index (χ2v) is 9.36. The molecule has 1 heterocycles. The highest BCUT2D eigenvalue weighted by Gasteiger charge is 2.23. The van der Waals surface area contributed by atoms with Crippen molar-refractivity contribution in [2.24, 2.45) is 5.92 Å². The quantitative estimate of drug-likeness (QED) is 0.424. The van der Waals surface area contributed by atoms with Crippen LogP contribution in [-0.4, -0.2) is 48.3 Å². The van der Waals surface area contributed by atoms with Crippen molar-refractivity contribution in [3.05, 3.63) is 53.6 Å². The van der Waals surface area contributed by atoms with Crippen molar-refractivity contribution >= 4 is 24.0 Å². The number of carbonyl (C=O) groups excluding carboxylic acids is 1. The van der Waals surface area contributed by atoms with E-state index in [0.29, 0.717) is 18.1 Å². The van der Waals surface area contributed by atoms with Gasteiger partial charge in [-0.15, -0.1) is 12.4 Å². The largest absolute Gasteiger partial charge is 0.491 e. The maximum absolute atomic E-state index is 12.5. The molecule has 0 saturated carbocycles. The lowest BCUT2D eigenvalue weighted by atomic mass is 9.91. The molecule has 6 nitrogen and oxygen atoms in total. The van der Waals surface area contributed by atoms with Crippen LogP contribution in [-0.2, 0) is 17.6 Å². The minimum absolute atomic E-state index is 0. The van der Waals surface area contributed by atoms with E-state index in [2.05, 4.69) is 0 Å². The molecule has 1 aliphatic carbocycles. The third-order valence-corrected chi connectivity index (χ3v) is 6.76. The van der Waals surface area contributed by atoms with Crippen molar-refractivity contribution in [2.75, 3.05) is 32.0 Å². The van der Waals surface area contributed by atoms with E-state index in [4.69, 9.17) is 15.2 Å². The maximum atomic E-state index is 12.5. The number of hydrogen-bond donors (Lipinski definition) is 2. The number of para-hydroxylation sites is 1. The molecule has 4 rings (SSSR count). The van der Waals surface area contributed by atoms with Crippen LogP contribution in [0.2, 0.25) is 0 Å². The van der Waals surface area contributed by atoms with Gasteiger partial charge in [-0.25, -0.2) is 0 Å². The van der Waals surface area contributed by atoms with Gasteiger partial charge < -0.3 is 25.2 Å². The second kappa shape index (κ2) is 12.9. The molecule has 1 fully saturated rings. The number of piperidine rings is 1. The number of fused-ring (bicyclic) bond motifs is 1. The van der Waals surface area contributed by atoms with Crippen molar-refractivity contribution in [3.63, 3.8) is 0 Å². The van der Waals surface area contributed by atoms with Crippen LogP contribution >= 0.6 is 12.4 Å². The minimum atomic E-state index is -0.518. The zero-order valence-corrected chi connectivity index (χ0v) is 20.6. The SMILES string of the molecule is Cl.Nc1cc(OCC(=O)N2CCCCC2)cc2c1CCCC(C[C@H](O)COc1ccccc1)C2. The summed E-state index contributed by atoms with van der Waals surface area (Å²) in [7, 11) is 0. The molecule has 1 amide bonds. The summed E-state index contributed by atoms with van der Waals surface area (Å²) in [6, 6.07) is 13.5. The van der Waals surface area contributed by atoms with Gasteiger partial charge in [0.05, 0.1) is 6.10 Å². The molecule has 2 aromatic rings. The Labute approximate surface area is 208 Å². The highest BCUT2D eigenvalue weighted by Crippen LogP contribution is 2.34. The summed E-state index contributed by atoms with van der Waals surface area (Å²) < 4.78 is 11.6. The number of nitrogens with two attached hydrogens (primary N) is 1. The highest BCUT2D eigenvalue weighted by atomic mass is 35.5. The van der Waals surface area contributed by atoms with Gasteiger partial charge in [0, 0.05) is 24.8 Å². The third-order valence-electron chi connectivity index (χ3n) is 6.76. The number of likely N-dealkylation sites (tertiary alicyclic amines) is 1. The van der Waals surface area contributed by atoms with Crippen molar-refractivity contribution in [3.8, 4) is 11.5 Å². The third kappa shape index (κ3) is 7.28. The Bertz CT molecular complexity index is 918. The summed E-state index contributed by atoms with van der Waals surface area (Å²) in [5.74, 6) is 1.83. The van der Waals surface area contributed by atoms with E-state index in [1.807, 2.05) is 47.4 Å². The van der Waals surface area contributed by atoms with Crippen molar-refractivity contribution in [1.82, 2.24) is 4.90 Å². The zero-order valence-electron chi connectivity index (χ0n) is 19.8. The molecule has 2 atom stereocenters. The van der Waals surface area contributed by atoms with E-state index < -0.39 is 6.10 Å². The maximum Gasteiger partial charge on any atom is 0.260 e. The number of aliphatic hydroxyl groups excluding tert-OH is 1. The molecule has 2 aliphatic rings. The molecule has 3 N–H and O–H groups in total. The average molecular weight is 489 g/mol. The summed E-state index contributed by atoms with van der Waals surface area (Å²) in [6.07, 6.45) is 7.37. The number of nitrogen functional groups attached to an aromatic ring is 1. The number of carbonyl (C=O) groups is 1. The first kappa shape index (κ1) is 26.2. The smallest absolute Gasteiger partial charge is 0.260 e. The van der Waals surface area contributed by atoms with Gasteiger partial charge in [-0.1, -0.05) is 18.2 Å². The van der Waals surface area contributed by atoms with Gasteiger partial charge in [0.2, 0.25) is 0 Å². The Morgan fingerprint density at radius 2 is 1.82 bits per heavy atom. The topological polar surface area (TPSA) is 85.0 Å². The number of amides is 1. The number of halogens is 1. The van der Waals surface area contributed by atoms with Crippen molar-refractivity contribution in [1.29, 1.82) is 0 Å². The van der Waals surface area contributed by atoms with Gasteiger partial charge in [-0.3, -0.25) is 4.79 Å². The number of benzene rings is 2. The molecule has 0 aromatic heterocycles. The van der Waals surface area contributed by atoms with Gasteiger partial charge in [-0.2, -0.15) is 0 Å². The fourth-order valence-corrected chi connectivity index (χ4v) is 5.02. The predicted octanol–water partition coefficient (Wildman–Crippen LogP) is 4.41. The van der Waals surface area contributed by atoms with E-state index in [-0.39, 0.29) is 31.5 Å². The lowest BCUT2D eigenvalue weighted by Gasteiger charge is -2.26. The first-order valence-electron chi connectivity index (χ1n) is 12.3. The highest BCUT2D eigenvalue weighted by molar-refractivity contribution is 5.85. The summed E-state index contributed by atoms with van der Waals surface area (Å²) in [6.45, 7) is 1.99. The molecule has 1 aliphatic heterocycles. The lowest BCUT2D eigenvalue weighted by Crippen LogP contribution is -2.38. The normalized spacial score (nSPS) is 18.7. The molecular weight excluding hydrogens is 452 g/mol. The Morgan fingerprint density at radius 1 is 1.06 bits per heavy atom. The molecule has 34 heavy (non-hydrogen) atoms. The summed E-state index contributed by atoms with van der Waals surface area (Å²) in [4.78, 5) is 14.4.